The number of hydrogen-bond donors (Lipinski definition) is 0. The highest BCUT2D eigenvalue weighted by Gasteiger charge is 2.35. The number of hydrogen-bond acceptors (Lipinski definition) is 4. The van der Waals surface area contributed by atoms with E-state index < -0.39 is 0 Å². The molecule has 1 aliphatic heterocycles. The molecule has 0 radical (unpaired) electrons. The molecule has 1 amide bonds. The number of fused-ring (bicyclic) bond motifs is 1. The molecule has 1 saturated carbocycles. The highest BCUT2D eigenvalue weighted by Crippen LogP contribution is 2.40. The van der Waals surface area contributed by atoms with Crippen molar-refractivity contribution < 1.29 is 14.3 Å². The minimum Gasteiger partial charge on any atom is -0.454 e. The molecule has 2 aliphatic rings. The molecule has 1 aliphatic carbocycles. The van der Waals surface area contributed by atoms with Crippen LogP contribution in [-0.4, -0.2) is 17.7 Å². The van der Waals surface area contributed by atoms with Crippen LogP contribution in [0.5, 0.6) is 11.5 Å². The summed E-state index contributed by atoms with van der Waals surface area (Å²) in [5.74, 6) is 1.57. The first kappa shape index (κ1) is 13.6. The zero-order valence-corrected chi connectivity index (χ0v) is 13.2. The van der Waals surface area contributed by atoms with Crippen LogP contribution in [-0.2, 0) is 4.79 Å². The second-order valence-corrected chi connectivity index (χ2v) is 6.14. The predicted molar refractivity (Wildman–Crippen MR) is 84.4 cm³/mol. The lowest BCUT2D eigenvalue weighted by molar-refractivity contribution is -0.119. The number of amides is 1. The molecule has 2 heterocycles. The Bertz CT molecular complexity index is 729. The third-order valence-electron chi connectivity index (χ3n) is 3.73. The second-order valence-electron chi connectivity index (χ2n) is 5.32. The number of halogens is 1. The molecular weight excluding hydrogens is 348 g/mol. The van der Waals surface area contributed by atoms with Crippen LogP contribution in [0.1, 0.15) is 12.8 Å². The topological polar surface area (TPSA) is 51.7 Å². The minimum absolute atomic E-state index is 0.1000. The Morgan fingerprint density at radius 2 is 1.91 bits per heavy atom. The van der Waals surface area contributed by atoms with Gasteiger partial charge in [0, 0.05) is 12.0 Å². The molecule has 1 fully saturated rings. The number of benzene rings is 1. The Labute approximate surface area is 136 Å². The van der Waals surface area contributed by atoms with Gasteiger partial charge in [-0.2, -0.15) is 0 Å². The first-order chi connectivity index (χ1) is 10.7. The molecule has 0 spiro atoms. The Morgan fingerprint density at radius 1 is 1.14 bits per heavy atom. The number of ether oxygens (including phenoxy) is 2. The van der Waals surface area contributed by atoms with Gasteiger partial charge in [-0.05, 0) is 53.0 Å². The van der Waals surface area contributed by atoms with Crippen LogP contribution in [0.2, 0.25) is 0 Å². The van der Waals surface area contributed by atoms with Crippen molar-refractivity contribution in [2.75, 3.05) is 11.7 Å². The molecular formula is C16H13BrN2O3. The van der Waals surface area contributed by atoms with E-state index in [0.29, 0.717) is 11.5 Å². The molecule has 0 saturated heterocycles. The molecule has 0 unspecified atom stereocenters. The van der Waals surface area contributed by atoms with Gasteiger partial charge in [-0.1, -0.05) is 0 Å². The molecule has 22 heavy (non-hydrogen) atoms. The summed E-state index contributed by atoms with van der Waals surface area (Å²) in [6, 6.07) is 9.25. The van der Waals surface area contributed by atoms with Gasteiger partial charge in [-0.25, -0.2) is 4.98 Å². The summed E-state index contributed by atoms with van der Waals surface area (Å²) in [7, 11) is 0. The Hall–Kier alpha value is -2.08. The van der Waals surface area contributed by atoms with E-state index in [2.05, 4.69) is 20.9 Å². The largest absolute Gasteiger partial charge is 0.454 e. The summed E-state index contributed by atoms with van der Waals surface area (Å²) in [6.45, 7) is 0.217. The van der Waals surface area contributed by atoms with Crippen molar-refractivity contribution in [2.45, 2.75) is 12.8 Å². The minimum atomic E-state index is 0.1000. The maximum atomic E-state index is 12.7. The first-order valence-corrected chi connectivity index (χ1v) is 7.87. The maximum Gasteiger partial charge on any atom is 0.234 e. The van der Waals surface area contributed by atoms with Gasteiger partial charge >= 0.3 is 0 Å². The van der Waals surface area contributed by atoms with Gasteiger partial charge in [0.2, 0.25) is 12.7 Å². The summed E-state index contributed by atoms with van der Waals surface area (Å²) >= 11 is 3.32. The Balaban J connectivity index is 1.76. The van der Waals surface area contributed by atoms with E-state index in [1.807, 2.05) is 30.3 Å². The van der Waals surface area contributed by atoms with Crippen molar-refractivity contribution >= 4 is 33.2 Å². The van der Waals surface area contributed by atoms with Gasteiger partial charge in [0.15, 0.2) is 11.5 Å². The van der Waals surface area contributed by atoms with Gasteiger partial charge in [0.1, 0.15) is 4.60 Å². The molecule has 5 nitrogen and oxygen atoms in total. The molecule has 0 bridgehead atoms. The summed E-state index contributed by atoms with van der Waals surface area (Å²) in [5, 5.41) is 0. The van der Waals surface area contributed by atoms with Crippen molar-refractivity contribution in [1.82, 2.24) is 4.98 Å². The number of anilines is 2. The molecule has 2 aromatic rings. The van der Waals surface area contributed by atoms with E-state index in [-0.39, 0.29) is 18.6 Å². The number of aromatic nitrogens is 1. The lowest BCUT2D eigenvalue weighted by Gasteiger charge is -2.23. The Morgan fingerprint density at radius 3 is 2.64 bits per heavy atom. The highest BCUT2D eigenvalue weighted by molar-refractivity contribution is 9.10. The van der Waals surface area contributed by atoms with Crippen LogP contribution >= 0.6 is 15.9 Å². The van der Waals surface area contributed by atoms with Crippen LogP contribution in [0.15, 0.2) is 41.1 Å². The van der Waals surface area contributed by atoms with Gasteiger partial charge in [-0.15, -0.1) is 0 Å². The van der Waals surface area contributed by atoms with Crippen molar-refractivity contribution in [3.8, 4) is 11.5 Å². The van der Waals surface area contributed by atoms with Crippen molar-refractivity contribution in [2.24, 2.45) is 5.92 Å². The van der Waals surface area contributed by atoms with E-state index in [0.717, 1.165) is 28.8 Å². The molecule has 1 aromatic carbocycles. The quantitative estimate of drug-likeness (QED) is 0.784. The molecule has 112 valence electrons. The molecule has 0 N–H and O–H groups in total. The summed E-state index contributed by atoms with van der Waals surface area (Å²) in [6.07, 6.45) is 3.59. The number of carbonyl (C=O) groups excluding carboxylic acids is 1. The van der Waals surface area contributed by atoms with Gasteiger partial charge < -0.3 is 9.47 Å². The third kappa shape index (κ3) is 2.43. The smallest absolute Gasteiger partial charge is 0.234 e. The lowest BCUT2D eigenvalue weighted by Crippen LogP contribution is -2.27. The fraction of sp³-hybridized carbons (Fsp3) is 0.250. The van der Waals surface area contributed by atoms with Crippen molar-refractivity contribution in [1.29, 1.82) is 0 Å². The molecule has 6 heteroatoms. The monoisotopic (exact) mass is 360 g/mol. The number of nitrogens with zero attached hydrogens (tertiary/aromatic N) is 2. The van der Waals surface area contributed by atoms with E-state index >= 15 is 0 Å². The zero-order valence-electron chi connectivity index (χ0n) is 11.7. The van der Waals surface area contributed by atoms with E-state index in [1.165, 1.54) is 0 Å². The first-order valence-electron chi connectivity index (χ1n) is 7.07. The average molecular weight is 361 g/mol. The van der Waals surface area contributed by atoms with Gasteiger partial charge in [0.05, 0.1) is 17.6 Å². The number of rotatable bonds is 3. The number of carbonyl (C=O) groups is 1. The highest BCUT2D eigenvalue weighted by atomic mass is 79.9. The SMILES string of the molecule is O=C(C1CC1)N(c1ccc(Br)nc1)c1ccc2c(c1)OCO2. The second kappa shape index (κ2) is 5.28. The third-order valence-corrected chi connectivity index (χ3v) is 4.20. The summed E-state index contributed by atoms with van der Waals surface area (Å²) in [5.41, 5.74) is 1.52. The Kier molecular flexibility index (Phi) is 3.26. The maximum absolute atomic E-state index is 12.7. The summed E-state index contributed by atoms with van der Waals surface area (Å²) in [4.78, 5) is 18.6. The van der Waals surface area contributed by atoms with Crippen LogP contribution < -0.4 is 14.4 Å². The van der Waals surface area contributed by atoms with Gasteiger partial charge in [-0.3, -0.25) is 9.69 Å². The fourth-order valence-electron chi connectivity index (χ4n) is 2.44. The standard InChI is InChI=1S/C16H13BrN2O3/c17-15-6-4-12(8-18-15)19(16(20)10-1-2-10)11-3-5-13-14(7-11)22-9-21-13/h3-8,10H,1-2,9H2. The van der Waals surface area contributed by atoms with Crippen LogP contribution in [0.4, 0.5) is 11.4 Å². The van der Waals surface area contributed by atoms with Crippen LogP contribution in [0, 0.1) is 5.92 Å². The molecule has 1 aromatic heterocycles. The van der Waals surface area contributed by atoms with Crippen LogP contribution in [0.3, 0.4) is 0 Å². The zero-order chi connectivity index (χ0) is 15.1. The average Bonchev–Trinajstić information content (AvgIpc) is 3.27. The number of pyridine rings is 1. The van der Waals surface area contributed by atoms with E-state index in [4.69, 9.17) is 9.47 Å². The van der Waals surface area contributed by atoms with Gasteiger partial charge in [0.25, 0.3) is 0 Å². The molecule has 4 rings (SSSR count). The van der Waals surface area contributed by atoms with Crippen molar-refractivity contribution in [3.05, 3.63) is 41.1 Å². The lowest BCUT2D eigenvalue weighted by atomic mass is 10.2. The van der Waals surface area contributed by atoms with E-state index in [1.54, 1.807) is 11.1 Å². The predicted octanol–water partition coefficient (Wildman–Crippen LogP) is 3.65. The normalized spacial score (nSPS) is 15.7. The summed E-state index contributed by atoms with van der Waals surface area (Å²) < 4.78 is 11.5. The van der Waals surface area contributed by atoms with Crippen LogP contribution in [0.25, 0.3) is 0 Å². The van der Waals surface area contributed by atoms with Crippen molar-refractivity contribution in [3.63, 3.8) is 0 Å². The molecule has 0 atom stereocenters. The van der Waals surface area contributed by atoms with E-state index in [9.17, 15) is 4.79 Å². The fourth-order valence-corrected chi connectivity index (χ4v) is 2.68.